The maximum Gasteiger partial charge on any atom is 0.254 e. The minimum atomic E-state index is -0.231. The molecule has 1 amide bonds. The monoisotopic (exact) mass is 382 g/mol. The summed E-state index contributed by atoms with van der Waals surface area (Å²) in [5.74, 6) is 1.33. The first kappa shape index (κ1) is 19.2. The van der Waals surface area contributed by atoms with Crippen LogP contribution in [0.1, 0.15) is 22.8 Å². The first-order valence-electron chi connectivity index (χ1n) is 8.84. The van der Waals surface area contributed by atoms with E-state index in [1.54, 1.807) is 18.0 Å². The van der Waals surface area contributed by atoms with Gasteiger partial charge in [0.1, 0.15) is 12.4 Å². The Hall–Kier alpha value is -2.57. The molecule has 0 aliphatic heterocycles. The number of pyridine rings is 1. The van der Waals surface area contributed by atoms with E-state index in [1.165, 1.54) is 0 Å². The van der Waals surface area contributed by atoms with Crippen molar-refractivity contribution < 1.29 is 14.6 Å². The molecule has 5 nitrogen and oxygen atoms in total. The van der Waals surface area contributed by atoms with Gasteiger partial charge in [-0.1, -0.05) is 37.3 Å². The number of benzene rings is 2. The van der Waals surface area contributed by atoms with E-state index in [0.717, 1.165) is 32.9 Å². The van der Waals surface area contributed by atoms with Crippen LogP contribution in [0.2, 0.25) is 0 Å². The molecule has 0 fully saturated rings. The van der Waals surface area contributed by atoms with Gasteiger partial charge in [0.15, 0.2) is 0 Å². The number of hydrogen-bond donors (Lipinski definition) is 2. The third kappa shape index (κ3) is 4.78. The number of carbonyl (C=O) groups excluding carboxylic acids is 1. The SMILES string of the molecule is CCSc1c(C(=O)NCCO)cnc2ccc(OCc3ccccc3)cc12. The lowest BCUT2D eigenvalue weighted by Gasteiger charge is -2.13. The summed E-state index contributed by atoms with van der Waals surface area (Å²) in [6, 6.07) is 15.7. The number of aromatic nitrogens is 1. The van der Waals surface area contributed by atoms with Gasteiger partial charge in [-0.3, -0.25) is 9.78 Å². The highest BCUT2D eigenvalue weighted by Gasteiger charge is 2.16. The largest absolute Gasteiger partial charge is 0.489 e. The molecule has 0 unspecified atom stereocenters. The first-order chi connectivity index (χ1) is 13.2. The van der Waals surface area contributed by atoms with Crippen LogP contribution in [0.3, 0.4) is 0 Å². The predicted molar refractivity (Wildman–Crippen MR) is 108 cm³/mol. The Kier molecular flexibility index (Phi) is 6.68. The van der Waals surface area contributed by atoms with Gasteiger partial charge in [0.05, 0.1) is 17.7 Å². The quantitative estimate of drug-likeness (QED) is 0.582. The highest BCUT2D eigenvalue weighted by Crippen LogP contribution is 2.32. The molecule has 140 valence electrons. The van der Waals surface area contributed by atoms with Gasteiger partial charge in [-0.2, -0.15) is 0 Å². The van der Waals surface area contributed by atoms with Gasteiger partial charge in [0, 0.05) is 23.0 Å². The van der Waals surface area contributed by atoms with Gasteiger partial charge in [0.25, 0.3) is 5.91 Å². The fourth-order valence-electron chi connectivity index (χ4n) is 2.70. The van der Waals surface area contributed by atoms with Crippen LogP contribution in [-0.2, 0) is 6.61 Å². The van der Waals surface area contributed by atoms with Gasteiger partial charge in [-0.25, -0.2) is 0 Å². The molecule has 6 heteroatoms. The van der Waals surface area contributed by atoms with Crippen molar-refractivity contribution in [2.75, 3.05) is 18.9 Å². The van der Waals surface area contributed by atoms with Crippen LogP contribution in [0.5, 0.6) is 5.75 Å². The second-order valence-corrected chi connectivity index (χ2v) is 7.14. The zero-order chi connectivity index (χ0) is 19.1. The summed E-state index contributed by atoms with van der Waals surface area (Å²) in [6.45, 7) is 2.64. The number of nitrogens with one attached hydrogen (secondary N) is 1. The van der Waals surface area contributed by atoms with E-state index in [2.05, 4.69) is 10.3 Å². The minimum Gasteiger partial charge on any atom is -0.489 e. The lowest BCUT2D eigenvalue weighted by molar-refractivity contribution is 0.0941. The van der Waals surface area contributed by atoms with Crippen LogP contribution >= 0.6 is 11.8 Å². The minimum absolute atomic E-state index is 0.0967. The van der Waals surface area contributed by atoms with Crippen molar-refractivity contribution in [3.8, 4) is 5.75 Å². The van der Waals surface area contributed by atoms with E-state index in [-0.39, 0.29) is 19.1 Å². The zero-order valence-corrected chi connectivity index (χ0v) is 16.0. The molecule has 0 radical (unpaired) electrons. The van der Waals surface area contributed by atoms with E-state index in [0.29, 0.717) is 12.2 Å². The molecular formula is C21H22N2O3S. The Morgan fingerprint density at radius 3 is 2.78 bits per heavy atom. The number of hydrogen-bond acceptors (Lipinski definition) is 5. The number of rotatable bonds is 8. The molecule has 0 atom stereocenters. The molecule has 0 spiro atoms. The van der Waals surface area contributed by atoms with Gasteiger partial charge in [-0.15, -0.1) is 11.8 Å². The second-order valence-electron chi connectivity index (χ2n) is 5.87. The molecule has 0 bridgehead atoms. The maximum absolute atomic E-state index is 12.4. The number of thioether (sulfide) groups is 1. The van der Waals surface area contributed by atoms with E-state index in [9.17, 15) is 4.79 Å². The van der Waals surface area contributed by atoms with Crippen LogP contribution in [0.25, 0.3) is 10.9 Å². The van der Waals surface area contributed by atoms with Crippen LogP contribution in [0.4, 0.5) is 0 Å². The molecule has 2 N–H and O–H groups in total. The molecule has 2 aromatic carbocycles. The molecule has 0 saturated carbocycles. The molecule has 0 saturated heterocycles. The van der Waals surface area contributed by atoms with Crippen molar-refractivity contribution in [3.05, 3.63) is 65.9 Å². The van der Waals surface area contributed by atoms with Crippen molar-refractivity contribution in [1.82, 2.24) is 10.3 Å². The van der Waals surface area contributed by atoms with Crippen molar-refractivity contribution in [1.29, 1.82) is 0 Å². The first-order valence-corrected chi connectivity index (χ1v) is 9.82. The summed E-state index contributed by atoms with van der Waals surface area (Å²) < 4.78 is 5.93. The van der Waals surface area contributed by atoms with Gasteiger partial charge in [-0.05, 0) is 29.5 Å². The molecule has 27 heavy (non-hydrogen) atoms. The molecule has 0 aliphatic rings. The fraction of sp³-hybridized carbons (Fsp3) is 0.238. The molecule has 0 aliphatic carbocycles. The Morgan fingerprint density at radius 1 is 1.22 bits per heavy atom. The van der Waals surface area contributed by atoms with E-state index >= 15 is 0 Å². The number of aliphatic hydroxyl groups excluding tert-OH is 1. The normalized spacial score (nSPS) is 10.7. The van der Waals surface area contributed by atoms with Gasteiger partial charge >= 0.3 is 0 Å². The third-order valence-electron chi connectivity index (χ3n) is 3.97. The van der Waals surface area contributed by atoms with Crippen molar-refractivity contribution in [2.24, 2.45) is 0 Å². The summed E-state index contributed by atoms with van der Waals surface area (Å²) in [5.41, 5.74) is 2.43. The third-order valence-corrected chi connectivity index (χ3v) is 4.99. The molecule has 1 aromatic heterocycles. The number of fused-ring (bicyclic) bond motifs is 1. The topological polar surface area (TPSA) is 71.5 Å². The number of nitrogens with zero attached hydrogens (tertiary/aromatic N) is 1. The highest BCUT2D eigenvalue weighted by molar-refractivity contribution is 7.99. The highest BCUT2D eigenvalue weighted by atomic mass is 32.2. The smallest absolute Gasteiger partial charge is 0.254 e. The average molecular weight is 382 g/mol. The lowest BCUT2D eigenvalue weighted by atomic mass is 10.1. The van der Waals surface area contributed by atoms with Crippen molar-refractivity contribution in [3.63, 3.8) is 0 Å². The Bertz CT molecular complexity index is 916. The molecular weight excluding hydrogens is 360 g/mol. The summed E-state index contributed by atoms with van der Waals surface area (Å²) in [4.78, 5) is 17.7. The van der Waals surface area contributed by atoms with E-state index < -0.39 is 0 Å². The van der Waals surface area contributed by atoms with E-state index in [4.69, 9.17) is 9.84 Å². The van der Waals surface area contributed by atoms with Gasteiger partial charge < -0.3 is 15.2 Å². The summed E-state index contributed by atoms with van der Waals surface area (Å²) >= 11 is 1.60. The Morgan fingerprint density at radius 2 is 2.04 bits per heavy atom. The summed E-state index contributed by atoms with van der Waals surface area (Å²) in [7, 11) is 0. The fourth-order valence-corrected chi connectivity index (χ4v) is 3.61. The molecule has 3 aromatic rings. The summed E-state index contributed by atoms with van der Waals surface area (Å²) in [6.07, 6.45) is 1.59. The number of aliphatic hydroxyl groups is 1. The number of carbonyl (C=O) groups is 1. The average Bonchev–Trinajstić information content (AvgIpc) is 2.71. The maximum atomic E-state index is 12.4. The Balaban J connectivity index is 1.92. The number of ether oxygens (including phenoxy) is 1. The van der Waals surface area contributed by atoms with Crippen molar-refractivity contribution in [2.45, 2.75) is 18.4 Å². The summed E-state index contributed by atoms with van der Waals surface area (Å²) in [5, 5.41) is 12.5. The standard InChI is InChI=1S/C21H22N2O3S/c1-2-27-20-17-12-16(26-14-15-6-4-3-5-7-15)8-9-19(17)23-13-18(20)21(25)22-10-11-24/h3-9,12-13,24H,2,10-11,14H2,1H3,(H,22,25). The molecule has 3 rings (SSSR count). The van der Waals surface area contributed by atoms with Crippen LogP contribution in [0, 0.1) is 0 Å². The van der Waals surface area contributed by atoms with Gasteiger partial charge in [0.2, 0.25) is 0 Å². The predicted octanol–water partition coefficient (Wildman–Crippen LogP) is 3.65. The number of amides is 1. The Labute approximate surface area is 162 Å². The lowest BCUT2D eigenvalue weighted by Crippen LogP contribution is -2.27. The van der Waals surface area contributed by atoms with E-state index in [1.807, 2.05) is 55.5 Å². The van der Waals surface area contributed by atoms with Crippen LogP contribution in [0.15, 0.2) is 59.6 Å². The van der Waals surface area contributed by atoms with Crippen molar-refractivity contribution >= 4 is 28.6 Å². The zero-order valence-electron chi connectivity index (χ0n) is 15.1. The van der Waals surface area contributed by atoms with Crippen LogP contribution in [-0.4, -0.2) is 34.9 Å². The molecule has 1 heterocycles. The second kappa shape index (κ2) is 9.39. The van der Waals surface area contributed by atoms with Crippen LogP contribution < -0.4 is 10.1 Å².